The molecular formula is C19H19N5O4. The van der Waals surface area contributed by atoms with Gasteiger partial charge in [-0.15, -0.1) is 5.10 Å². The second kappa shape index (κ2) is 7.35. The highest BCUT2D eigenvalue weighted by atomic mass is 16.5. The van der Waals surface area contributed by atoms with Crippen LogP contribution in [0.1, 0.15) is 22.6 Å². The van der Waals surface area contributed by atoms with Gasteiger partial charge in [-0.05, 0) is 31.2 Å². The highest BCUT2D eigenvalue weighted by Crippen LogP contribution is 2.20. The van der Waals surface area contributed by atoms with Crippen LogP contribution in [0.2, 0.25) is 0 Å². The molecule has 1 saturated heterocycles. The molecule has 1 unspecified atom stereocenters. The van der Waals surface area contributed by atoms with Gasteiger partial charge in [-0.25, -0.2) is 4.68 Å². The average molecular weight is 381 g/mol. The van der Waals surface area contributed by atoms with E-state index in [9.17, 15) is 9.59 Å². The van der Waals surface area contributed by atoms with E-state index in [1.165, 1.54) is 4.90 Å². The van der Waals surface area contributed by atoms with Gasteiger partial charge in [-0.1, -0.05) is 11.3 Å². The van der Waals surface area contributed by atoms with Crippen LogP contribution in [0.5, 0.6) is 0 Å². The van der Waals surface area contributed by atoms with Crippen LogP contribution in [0.15, 0.2) is 36.5 Å². The maximum absolute atomic E-state index is 13.0. The number of aliphatic carboxylic acids is 1. The Labute approximate surface area is 160 Å². The number of hydrogen-bond acceptors (Lipinski definition) is 6. The van der Waals surface area contributed by atoms with Crippen molar-refractivity contribution in [1.82, 2.24) is 24.9 Å². The number of ether oxygens (including phenoxy) is 1. The summed E-state index contributed by atoms with van der Waals surface area (Å²) in [5, 5.41) is 18.3. The lowest BCUT2D eigenvalue weighted by atomic mass is 10.1. The first-order chi connectivity index (χ1) is 13.5. The number of aromatic nitrogens is 4. The number of hydrogen-bond donors (Lipinski definition) is 1. The number of pyridine rings is 1. The first-order valence-corrected chi connectivity index (χ1v) is 8.92. The van der Waals surface area contributed by atoms with E-state index in [1.54, 1.807) is 17.8 Å². The third-order valence-electron chi connectivity index (χ3n) is 4.83. The van der Waals surface area contributed by atoms with Gasteiger partial charge in [-0.2, -0.15) is 0 Å². The molecule has 1 aliphatic heterocycles. The van der Waals surface area contributed by atoms with Crippen molar-refractivity contribution < 1.29 is 19.4 Å². The fraction of sp³-hybridized carbons (Fsp3) is 0.316. The Hall–Kier alpha value is -3.33. The third-order valence-corrected chi connectivity index (χ3v) is 4.83. The summed E-state index contributed by atoms with van der Waals surface area (Å²) in [4.78, 5) is 29.9. The number of carbonyl (C=O) groups is 2. The standard InChI is InChI=1S/C19H19N5O4/c1-12-18(19(27)23-7-8-28-11-15(23)10-17(25)26)21-22-24(12)14-4-5-16-13(9-14)3-2-6-20-16/h2-6,9,15H,7-8,10-11H2,1H3,(H,25,26). The van der Waals surface area contributed by atoms with E-state index in [-0.39, 0.29) is 24.6 Å². The van der Waals surface area contributed by atoms with Crippen molar-refractivity contribution in [3.05, 3.63) is 47.9 Å². The summed E-state index contributed by atoms with van der Waals surface area (Å²) in [6, 6.07) is 8.98. The Morgan fingerprint density at radius 1 is 1.32 bits per heavy atom. The quantitative estimate of drug-likeness (QED) is 0.728. The number of nitrogens with zero attached hydrogens (tertiary/aromatic N) is 5. The molecule has 1 aliphatic rings. The predicted molar refractivity (Wildman–Crippen MR) is 99.3 cm³/mol. The molecule has 1 amide bonds. The Morgan fingerprint density at radius 2 is 2.18 bits per heavy atom. The minimum atomic E-state index is -0.974. The number of carbonyl (C=O) groups excluding carboxylic acids is 1. The Kier molecular flexibility index (Phi) is 4.74. The van der Waals surface area contributed by atoms with Crippen LogP contribution in [-0.2, 0) is 9.53 Å². The van der Waals surface area contributed by atoms with E-state index in [1.807, 2.05) is 30.3 Å². The summed E-state index contributed by atoms with van der Waals surface area (Å²) in [7, 11) is 0. The smallest absolute Gasteiger partial charge is 0.305 e. The van der Waals surface area contributed by atoms with Gasteiger partial charge >= 0.3 is 5.97 Å². The second-order valence-electron chi connectivity index (χ2n) is 6.64. The van der Waals surface area contributed by atoms with Crippen molar-refractivity contribution in [2.45, 2.75) is 19.4 Å². The lowest BCUT2D eigenvalue weighted by molar-refractivity contribution is -0.139. The van der Waals surface area contributed by atoms with Crippen LogP contribution in [-0.4, -0.2) is 67.7 Å². The number of rotatable bonds is 4. The molecule has 28 heavy (non-hydrogen) atoms. The fourth-order valence-electron chi connectivity index (χ4n) is 3.40. The molecule has 3 aromatic rings. The molecule has 3 heterocycles. The Morgan fingerprint density at radius 3 is 3.00 bits per heavy atom. The molecule has 1 fully saturated rings. The highest BCUT2D eigenvalue weighted by molar-refractivity contribution is 5.94. The predicted octanol–water partition coefficient (Wildman–Crippen LogP) is 1.44. The molecule has 9 heteroatoms. The molecule has 1 N–H and O–H groups in total. The minimum Gasteiger partial charge on any atom is -0.481 e. The van der Waals surface area contributed by atoms with Gasteiger partial charge in [0.05, 0.1) is 42.6 Å². The highest BCUT2D eigenvalue weighted by Gasteiger charge is 2.32. The van der Waals surface area contributed by atoms with Crippen molar-refractivity contribution in [3.8, 4) is 5.69 Å². The summed E-state index contributed by atoms with van der Waals surface area (Å²) in [6.07, 6.45) is 1.56. The molecule has 0 spiro atoms. The van der Waals surface area contributed by atoms with Crippen molar-refractivity contribution in [3.63, 3.8) is 0 Å². The molecule has 9 nitrogen and oxygen atoms in total. The lowest BCUT2D eigenvalue weighted by Crippen LogP contribution is -2.49. The molecular weight excluding hydrogens is 362 g/mol. The van der Waals surface area contributed by atoms with Crippen molar-refractivity contribution in [1.29, 1.82) is 0 Å². The first-order valence-electron chi connectivity index (χ1n) is 8.92. The summed E-state index contributed by atoms with van der Waals surface area (Å²) >= 11 is 0. The maximum atomic E-state index is 13.0. The number of carboxylic acid groups (broad SMARTS) is 1. The zero-order chi connectivity index (χ0) is 19.7. The van der Waals surface area contributed by atoms with E-state index >= 15 is 0 Å². The summed E-state index contributed by atoms with van der Waals surface area (Å²) in [5.41, 5.74) is 2.44. The molecule has 1 atom stereocenters. The van der Waals surface area contributed by atoms with Crippen LogP contribution >= 0.6 is 0 Å². The molecule has 1 aromatic carbocycles. The van der Waals surface area contributed by atoms with Gasteiger partial charge in [-0.3, -0.25) is 14.6 Å². The van der Waals surface area contributed by atoms with E-state index in [0.29, 0.717) is 18.8 Å². The van der Waals surface area contributed by atoms with E-state index in [4.69, 9.17) is 9.84 Å². The lowest BCUT2D eigenvalue weighted by Gasteiger charge is -2.34. The largest absolute Gasteiger partial charge is 0.481 e. The SMILES string of the molecule is Cc1c(C(=O)N2CCOCC2CC(=O)O)nnn1-c1ccc2ncccc2c1. The van der Waals surface area contributed by atoms with Crippen molar-refractivity contribution in [2.24, 2.45) is 0 Å². The van der Waals surface area contributed by atoms with Crippen LogP contribution < -0.4 is 0 Å². The Balaban J connectivity index is 1.65. The summed E-state index contributed by atoms with van der Waals surface area (Å²) in [5.74, 6) is -1.31. The van der Waals surface area contributed by atoms with Crippen molar-refractivity contribution >= 4 is 22.8 Å². The fourth-order valence-corrected chi connectivity index (χ4v) is 3.40. The topological polar surface area (TPSA) is 110 Å². The average Bonchev–Trinajstić information content (AvgIpc) is 3.08. The normalized spacial score (nSPS) is 17.0. The van der Waals surface area contributed by atoms with Crippen LogP contribution in [0.3, 0.4) is 0 Å². The Bertz CT molecular complexity index is 1050. The van der Waals surface area contributed by atoms with Gasteiger partial charge in [0.2, 0.25) is 0 Å². The molecule has 0 bridgehead atoms. The minimum absolute atomic E-state index is 0.170. The zero-order valence-corrected chi connectivity index (χ0v) is 15.3. The number of amides is 1. The third kappa shape index (κ3) is 3.31. The molecule has 4 rings (SSSR count). The number of benzene rings is 1. The van der Waals surface area contributed by atoms with Crippen LogP contribution in [0.25, 0.3) is 16.6 Å². The zero-order valence-electron chi connectivity index (χ0n) is 15.3. The maximum Gasteiger partial charge on any atom is 0.305 e. The first kappa shape index (κ1) is 18.1. The van der Waals surface area contributed by atoms with Gasteiger partial charge in [0.1, 0.15) is 0 Å². The second-order valence-corrected chi connectivity index (χ2v) is 6.64. The van der Waals surface area contributed by atoms with E-state index < -0.39 is 12.0 Å². The van der Waals surface area contributed by atoms with Gasteiger partial charge < -0.3 is 14.7 Å². The monoisotopic (exact) mass is 381 g/mol. The van der Waals surface area contributed by atoms with E-state index in [0.717, 1.165) is 16.6 Å². The van der Waals surface area contributed by atoms with Crippen molar-refractivity contribution in [2.75, 3.05) is 19.8 Å². The molecule has 0 saturated carbocycles. The summed E-state index contributed by atoms with van der Waals surface area (Å²) < 4.78 is 6.94. The molecule has 0 radical (unpaired) electrons. The van der Waals surface area contributed by atoms with Gasteiger partial charge in [0, 0.05) is 18.1 Å². The molecule has 144 valence electrons. The van der Waals surface area contributed by atoms with Crippen LogP contribution in [0, 0.1) is 6.92 Å². The molecule has 2 aromatic heterocycles. The summed E-state index contributed by atoms with van der Waals surface area (Å²) in [6.45, 7) is 2.66. The van der Waals surface area contributed by atoms with Gasteiger partial charge in [0.15, 0.2) is 5.69 Å². The van der Waals surface area contributed by atoms with Gasteiger partial charge in [0.25, 0.3) is 5.91 Å². The number of fused-ring (bicyclic) bond motifs is 1. The van der Waals surface area contributed by atoms with Crippen LogP contribution in [0.4, 0.5) is 0 Å². The molecule has 0 aliphatic carbocycles. The number of morpholine rings is 1. The number of carboxylic acids is 1. The van der Waals surface area contributed by atoms with E-state index in [2.05, 4.69) is 15.3 Å².